The number of ether oxygens (including phenoxy) is 4. The number of halogens is 1. The number of thiazole rings is 1. The third-order valence-corrected chi connectivity index (χ3v) is 7.53. The van der Waals surface area contributed by atoms with Gasteiger partial charge in [-0.15, -0.1) is 0 Å². The van der Waals surface area contributed by atoms with Gasteiger partial charge in [0.05, 0.1) is 44.2 Å². The Morgan fingerprint density at radius 2 is 1.84 bits per heavy atom. The first kappa shape index (κ1) is 27.9. The van der Waals surface area contributed by atoms with Crippen molar-refractivity contribution in [3.63, 3.8) is 0 Å². The van der Waals surface area contributed by atoms with E-state index in [1.807, 2.05) is 29.6 Å². The summed E-state index contributed by atoms with van der Waals surface area (Å²) in [6.45, 7) is 4.38. The maximum absolute atomic E-state index is 15.2. The zero-order valence-electron chi connectivity index (χ0n) is 23.2. The molecule has 0 unspecified atom stereocenters. The van der Waals surface area contributed by atoms with Crippen molar-refractivity contribution < 1.29 is 28.1 Å². The monoisotopic (exact) mass is 599 g/mol. The molecule has 5 aromatic rings. The lowest BCUT2D eigenvalue weighted by molar-refractivity contribution is -0.134. The zero-order valence-corrected chi connectivity index (χ0v) is 24.1. The number of amides is 1. The van der Waals surface area contributed by atoms with Gasteiger partial charge in [0.25, 0.3) is 5.19 Å². The quantitative estimate of drug-likeness (QED) is 0.187. The second kappa shape index (κ2) is 11.9. The highest BCUT2D eigenvalue weighted by Crippen LogP contribution is 2.37. The minimum atomic E-state index is -0.539. The molecule has 12 heteroatoms. The Kier molecular flexibility index (Phi) is 7.75. The van der Waals surface area contributed by atoms with Gasteiger partial charge in [-0.1, -0.05) is 17.9 Å². The van der Waals surface area contributed by atoms with E-state index in [0.717, 1.165) is 17.0 Å². The number of rotatable bonds is 10. The summed E-state index contributed by atoms with van der Waals surface area (Å²) >= 11 is 1.31. The van der Waals surface area contributed by atoms with Gasteiger partial charge in [-0.3, -0.25) is 4.79 Å². The Morgan fingerprint density at radius 1 is 1.05 bits per heavy atom. The maximum Gasteiger partial charge on any atom is 0.279 e. The molecule has 10 nitrogen and oxygen atoms in total. The molecule has 0 spiro atoms. The van der Waals surface area contributed by atoms with Crippen molar-refractivity contribution in [3.05, 3.63) is 84.8 Å². The molecule has 0 aliphatic carbocycles. The molecule has 0 bridgehead atoms. The summed E-state index contributed by atoms with van der Waals surface area (Å²) in [6, 6.07) is 15.5. The van der Waals surface area contributed by atoms with Crippen LogP contribution in [0.5, 0.6) is 28.2 Å². The Bertz CT molecular complexity index is 1810. The van der Waals surface area contributed by atoms with Crippen molar-refractivity contribution in [2.24, 2.45) is 0 Å². The number of hydrogen-bond donors (Lipinski definition) is 1. The SMILES string of the molecule is C=CC(=O)N1CC(Oc2cc3c(Nc4ccc(Oc5nc(-c6ccc(OC)cc6)cs5)cc4F)ncnc3cc2OC)C1. The number of fused-ring (bicyclic) bond motifs is 1. The highest BCUT2D eigenvalue weighted by atomic mass is 32.1. The number of carbonyl (C=O) groups is 1. The summed E-state index contributed by atoms with van der Waals surface area (Å²) in [4.78, 5) is 26.6. The second-order valence-corrected chi connectivity index (χ2v) is 10.3. The standard InChI is InChI=1S/C31H26FN5O5S/c1-4-29(38)37-14-21(15-37)41-28-12-22-25(13-27(28)40-3)33-17-34-30(22)35-24-10-9-20(11-23(24)32)42-31-36-26(16-43-31)18-5-7-19(39-2)8-6-18/h4-13,16-17,21H,1,14-15H2,2-3H3,(H,33,34,35). The maximum atomic E-state index is 15.2. The number of methoxy groups -OCH3 is 2. The lowest BCUT2D eigenvalue weighted by Crippen LogP contribution is -2.55. The number of hydrogen-bond acceptors (Lipinski definition) is 10. The normalized spacial score (nSPS) is 12.9. The molecule has 1 saturated heterocycles. The van der Waals surface area contributed by atoms with Crippen LogP contribution in [0.2, 0.25) is 0 Å². The van der Waals surface area contributed by atoms with Crippen LogP contribution in [0.25, 0.3) is 22.2 Å². The van der Waals surface area contributed by atoms with Gasteiger partial charge >= 0.3 is 0 Å². The summed E-state index contributed by atoms with van der Waals surface area (Å²) in [6.07, 6.45) is 2.46. The first-order valence-corrected chi connectivity index (χ1v) is 14.1. The van der Waals surface area contributed by atoms with E-state index in [-0.39, 0.29) is 17.7 Å². The Hall–Kier alpha value is -5.23. The van der Waals surface area contributed by atoms with Crippen molar-refractivity contribution in [2.75, 3.05) is 32.6 Å². The minimum absolute atomic E-state index is 0.145. The Balaban J connectivity index is 1.18. The number of carbonyl (C=O) groups excluding carboxylic acids is 1. The van der Waals surface area contributed by atoms with Gasteiger partial charge in [-0.2, -0.15) is 0 Å². The Labute approximate surface area is 250 Å². The number of nitrogens with one attached hydrogen (secondary N) is 1. The first-order valence-electron chi connectivity index (χ1n) is 13.2. The minimum Gasteiger partial charge on any atom is -0.497 e. The van der Waals surface area contributed by atoms with E-state index in [2.05, 4.69) is 26.8 Å². The molecule has 3 heterocycles. The van der Waals surface area contributed by atoms with Crippen LogP contribution in [0, 0.1) is 5.82 Å². The summed E-state index contributed by atoms with van der Waals surface area (Å²) in [7, 11) is 3.15. The molecule has 1 fully saturated rings. The van der Waals surface area contributed by atoms with Crippen LogP contribution in [0.1, 0.15) is 0 Å². The van der Waals surface area contributed by atoms with Gasteiger partial charge < -0.3 is 29.2 Å². The lowest BCUT2D eigenvalue weighted by Gasteiger charge is -2.38. The van der Waals surface area contributed by atoms with Crippen molar-refractivity contribution in [1.82, 2.24) is 19.9 Å². The predicted molar refractivity (Wildman–Crippen MR) is 161 cm³/mol. The molecular formula is C31H26FN5O5S. The number of aromatic nitrogens is 3. The van der Waals surface area contributed by atoms with Gasteiger partial charge in [0, 0.05) is 28.5 Å². The molecule has 1 amide bonds. The van der Waals surface area contributed by atoms with Crippen LogP contribution in [-0.4, -0.2) is 59.2 Å². The van der Waals surface area contributed by atoms with Gasteiger partial charge in [-0.25, -0.2) is 19.3 Å². The van der Waals surface area contributed by atoms with E-state index in [1.165, 1.54) is 36.9 Å². The van der Waals surface area contributed by atoms with E-state index in [0.29, 0.717) is 52.3 Å². The average molecular weight is 600 g/mol. The summed E-state index contributed by atoms with van der Waals surface area (Å²) in [5, 5.41) is 5.91. The molecule has 0 radical (unpaired) electrons. The third-order valence-electron chi connectivity index (χ3n) is 6.82. The van der Waals surface area contributed by atoms with Crippen LogP contribution < -0.4 is 24.3 Å². The number of nitrogens with zero attached hydrogens (tertiary/aromatic N) is 4. The fourth-order valence-electron chi connectivity index (χ4n) is 4.50. The topological polar surface area (TPSA) is 108 Å². The average Bonchev–Trinajstić information content (AvgIpc) is 3.48. The highest BCUT2D eigenvalue weighted by Gasteiger charge is 2.31. The molecule has 1 aliphatic heterocycles. The van der Waals surface area contributed by atoms with E-state index < -0.39 is 5.82 Å². The van der Waals surface area contributed by atoms with Crippen molar-refractivity contribution in [2.45, 2.75) is 6.10 Å². The first-order chi connectivity index (χ1) is 20.9. The van der Waals surface area contributed by atoms with Crippen LogP contribution in [0.4, 0.5) is 15.9 Å². The molecule has 43 heavy (non-hydrogen) atoms. The molecule has 2 aromatic heterocycles. The van der Waals surface area contributed by atoms with Gasteiger partial charge in [0.2, 0.25) is 5.91 Å². The van der Waals surface area contributed by atoms with Crippen LogP contribution >= 0.6 is 11.3 Å². The van der Waals surface area contributed by atoms with E-state index >= 15 is 4.39 Å². The summed E-state index contributed by atoms with van der Waals surface area (Å²) < 4.78 is 37.9. The summed E-state index contributed by atoms with van der Waals surface area (Å²) in [5.41, 5.74) is 2.44. The number of anilines is 2. The Morgan fingerprint density at radius 3 is 2.56 bits per heavy atom. The smallest absolute Gasteiger partial charge is 0.279 e. The second-order valence-electron chi connectivity index (χ2n) is 9.53. The summed E-state index contributed by atoms with van der Waals surface area (Å²) in [5.74, 6) is 1.70. The molecule has 3 aromatic carbocycles. The fraction of sp³-hybridized carbons (Fsp3) is 0.161. The number of likely N-dealkylation sites (tertiary alicyclic amines) is 1. The molecular weight excluding hydrogens is 573 g/mol. The van der Waals surface area contributed by atoms with E-state index in [4.69, 9.17) is 18.9 Å². The van der Waals surface area contributed by atoms with Crippen molar-refractivity contribution >= 4 is 39.7 Å². The van der Waals surface area contributed by atoms with E-state index in [9.17, 15) is 4.79 Å². The van der Waals surface area contributed by atoms with Crippen LogP contribution in [0.3, 0.4) is 0 Å². The van der Waals surface area contributed by atoms with E-state index in [1.54, 1.807) is 36.3 Å². The van der Waals surface area contributed by atoms with Crippen molar-refractivity contribution in [1.29, 1.82) is 0 Å². The highest BCUT2D eigenvalue weighted by molar-refractivity contribution is 7.11. The molecule has 0 saturated carbocycles. The van der Waals surface area contributed by atoms with Crippen LogP contribution in [0.15, 0.2) is 79.0 Å². The number of benzene rings is 3. The van der Waals surface area contributed by atoms with Gasteiger partial charge in [0.1, 0.15) is 35.6 Å². The van der Waals surface area contributed by atoms with Gasteiger partial charge in [0.15, 0.2) is 11.5 Å². The third kappa shape index (κ3) is 5.90. The van der Waals surface area contributed by atoms with Crippen LogP contribution in [-0.2, 0) is 4.79 Å². The molecule has 6 rings (SSSR count). The predicted octanol–water partition coefficient (Wildman–Crippen LogP) is 6.22. The fourth-order valence-corrected chi connectivity index (χ4v) is 5.20. The molecule has 218 valence electrons. The largest absolute Gasteiger partial charge is 0.497 e. The zero-order chi connectivity index (χ0) is 29.9. The van der Waals surface area contributed by atoms with Crippen molar-refractivity contribution in [3.8, 4) is 39.4 Å². The molecule has 1 aliphatic rings. The van der Waals surface area contributed by atoms with Gasteiger partial charge in [-0.05, 0) is 48.5 Å². The molecule has 0 atom stereocenters. The molecule has 1 N–H and O–H groups in total. The lowest BCUT2D eigenvalue weighted by atomic mass is 10.1.